The number of carbonyl (C=O) groups is 2. The van der Waals surface area contributed by atoms with Crippen molar-refractivity contribution in [1.82, 2.24) is 5.32 Å². The van der Waals surface area contributed by atoms with Crippen molar-refractivity contribution in [3.05, 3.63) is 29.8 Å². The van der Waals surface area contributed by atoms with Crippen LogP contribution in [0.1, 0.15) is 30.1 Å². The van der Waals surface area contributed by atoms with Crippen LogP contribution < -0.4 is 10.1 Å². The first-order chi connectivity index (χ1) is 9.20. The van der Waals surface area contributed by atoms with Gasteiger partial charge in [0.15, 0.2) is 0 Å². The predicted molar refractivity (Wildman–Crippen MR) is 69.1 cm³/mol. The molecular formula is C14H17NO4. The minimum Gasteiger partial charge on any atom is -0.494 e. The van der Waals surface area contributed by atoms with Crippen LogP contribution in [0.15, 0.2) is 24.3 Å². The Kier molecular flexibility index (Phi) is 4.39. The Morgan fingerprint density at radius 1 is 1.42 bits per heavy atom. The molecule has 1 atom stereocenters. The first kappa shape index (κ1) is 13.4. The van der Waals surface area contributed by atoms with Crippen LogP contribution in [0.4, 0.5) is 0 Å². The number of cyclic esters (lactones) is 1. The average molecular weight is 263 g/mol. The first-order valence-electron chi connectivity index (χ1n) is 6.41. The number of benzene rings is 1. The van der Waals surface area contributed by atoms with Gasteiger partial charge in [-0.1, -0.05) is 6.92 Å². The van der Waals surface area contributed by atoms with Crippen molar-refractivity contribution >= 4 is 11.9 Å². The van der Waals surface area contributed by atoms with E-state index in [0.717, 1.165) is 12.2 Å². The molecule has 0 aliphatic carbocycles. The Balaban J connectivity index is 1.93. The normalized spacial score (nSPS) is 17.9. The van der Waals surface area contributed by atoms with Gasteiger partial charge >= 0.3 is 5.97 Å². The molecule has 1 saturated heterocycles. The zero-order valence-electron chi connectivity index (χ0n) is 10.8. The van der Waals surface area contributed by atoms with Gasteiger partial charge in [0.2, 0.25) is 0 Å². The molecule has 102 valence electrons. The second-order valence-corrected chi connectivity index (χ2v) is 4.36. The van der Waals surface area contributed by atoms with Gasteiger partial charge in [-0.15, -0.1) is 0 Å². The van der Waals surface area contributed by atoms with Crippen molar-refractivity contribution in [3.63, 3.8) is 0 Å². The van der Waals surface area contributed by atoms with Gasteiger partial charge in [0.1, 0.15) is 11.8 Å². The molecule has 1 aromatic rings. The molecular weight excluding hydrogens is 246 g/mol. The van der Waals surface area contributed by atoms with Gasteiger partial charge in [-0.05, 0) is 30.7 Å². The summed E-state index contributed by atoms with van der Waals surface area (Å²) in [5.74, 6) is 0.0980. The van der Waals surface area contributed by atoms with Crippen molar-refractivity contribution in [2.24, 2.45) is 0 Å². The summed E-state index contributed by atoms with van der Waals surface area (Å²) in [5, 5.41) is 2.65. The summed E-state index contributed by atoms with van der Waals surface area (Å²) < 4.78 is 10.2. The Labute approximate surface area is 111 Å². The Morgan fingerprint density at radius 2 is 2.16 bits per heavy atom. The second-order valence-electron chi connectivity index (χ2n) is 4.36. The summed E-state index contributed by atoms with van der Waals surface area (Å²) in [6, 6.07) is 6.33. The molecule has 1 aliphatic heterocycles. The van der Waals surface area contributed by atoms with Crippen LogP contribution in [0.2, 0.25) is 0 Å². The van der Waals surface area contributed by atoms with Crippen molar-refractivity contribution in [3.8, 4) is 5.75 Å². The smallest absolute Gasteiger partial charge is 0.328 e. The number of esters is 1. The molecule has 1 aliphatic rings. The standard InChI is InChI=1S/C14H17NO4/c1-2-8-18-11-5-3-10(4-6-11)13(16)15-12-7-9-19-14(12)17/h3-6,12H,2,7-9H2,1H3,(H,15,16). The number of hydrogen-bond donors (Lipinski definition) is 1. The average Bonchev–Trinajstić information content (AvgIpc) is 2.82. The fourth-order valence-corrected chi connectivity index (χ4v) is 1.79. The zero-order valence-corrected chi connectivity index (χ0v) is 10.8. The van der Waals surface area contributed by atoms with Crippen LogP contribution >= 0.6 is 0 Å². The molecule has 1 unspecified atom stereocenters. The van der Waals surface area contributed by atoms with Gasteiger partial charge in [-0.25, -0.2) is 4.79 Å². The van der Waals surface area contributed by atoms with Gasteiger partial charge < -0.3 is 14.8 Å². The number of carbonyl (C=O) groups excluding carboxylic acids is 2. The Hall–Kier alpha value is -2.04. The molecule has 19 heavy (non-hydrogen) atoms. The summed E-state index contributed by atoms with van der Waals surface area (Å²) in [4.78, 5) is 23.2. The minimum atomic E-state index is -0.525. The predicted octanol–water partition coefficient (Wildman–Crippen LogP) is 1.52. The second kappa shape index (κ2) is 6.22. The lowest BCUT2D eigenvalue weighted by atomic mass is 10.1. The maximum atomic E-state index is 11.9. The maximum Gasteiger partial charge on any atom is 0.328 e. The van der Waals surface area contributed by atoms with Gasteiger partial charge in [0, 0.05) is 12.0 Å². The zero-order chi connectivity index (χ0) is 13.7. The molecule has 1 amide bonds. The van der Waals surface area contributed by atoms with Crippen LogP contribution in [0.5, 0.6) is 5.75 Å². The number of rotatable bonds is 5. The SMILES string of the molecule is CCCOc1ccc(C(=O)NC2CCOC2=O)cc1. The van der Waals surface area contributed by atoms with Gasteiger partial charge in [0.05, 0.1) is 13.2 Å². The molecule has 0 aromatic heterocycles. The lowest BCUT2D eigenvalue weighted by molar-refractivity contribution is -0.139. The van der Waals surface area contributed by atoms with Gasteiger partial charge in [0.25, 0.3) is 5.91 Å². The maximum absolute atomic E-state index is 11.9. The van der Waals surface area contributed by atoms with E-state index in [4.69, 9.17) is 9.47 Å². The van der Waals surface area contributed by atoms with E-state index in [1.807, 2.05) is 6.92 Å². The summed E-state index contributed by atoms with van der Waals surface area (Å²) in [7, 11) is 0. The van der Waals surface area contributed by atoms with E-state index >= 15 is 0 Å². The molecule has 5 nitrogen and oxygen atoms in total. The molecule has 2 rings (SSSR count). The highest BCUT2D eigenvalue weighted by Crippen LogP contribution is 2.13. The molecule has 5 heteroatoms. The number of amides is 1. The summed E-state index contributed by atoms with van der Waals surface area (Å²) in [6.07, 6.45) is 1.47. The van der Waals surface area contributed by atoms with Gasteiger partial charge in [-0.2, -0.15) is 0 Å². The fraction of sp³-hybridized carbons (Fsp3) is 0.429. The largest absolute Gasteiger partial charge is 0.494 e. The van der Waals surface area contributed by atoms with E-state index in [9.17, 15) is 9.59 Å². The monoisotopic (exact) mass is 263 g/mol. The van der Waals surface area contributed by atoms with Gasteiger partial charge in [-0.3, -0.25) is 4.79 Å². The molecule has 0 radical (unpaired) electrons. The lowest BCUT2D eigenvalue weighted by Gasteiger charge is -2.09. The summed E-state index contributed by atoms with van der Waals surface area (Å²) in [6.45, 7) is 3.05. The summed E-state index contributed by atoms with van der Waals surface area (Å²) >= 11 is 0. The molecule has 1 heterocycles. The van der Waals surface area contributed by atoms with Crippen molar-refractivity contribution in [2.45, 2.75) is 25.8 Å². The molecule has 1 fully saturated rings. The molecule has 0 saturated carbocycles. The number of nitrogens with one attached hydrogen (secondary N) is 1. The first-order valence-corrected chi connectivity index (χ1v) is 6.41. The third-order valence-electron chi connectivity index (χ3n) is 2.83. The Morgan fingerprint density at radius 3 is 2.74 bits per heavy atom. The Bertz CT molecular complexity index is 455. The highest BCUT2D eigenvalue weighted by atomic mass is 16.5. The van der Waals surface area contributed by atoms with E-state index < -0.39 is 6.04 Å². The molecule has 1 aromatic carbocycles. The van der Waals surface area contributed by atoms with Crippen LogP contribution in [0.3, 0.4) is 0 Å². The van der Waals surface area contributed by atoms with Crippen LogP contribution in [-0.4, -0.2) is 31.1 Å². The number of hydrogen-bond acceptors (Lipinski definition) is 4. The van der Waals surface area contributed by atoms with Crippen molar-refractivity contribution in [2.75, 3.05) is 13.2 Å². The van der Waals surface area contributed by atoms with Crippen LogP contribution in [0, 0.1) is 0 Å². The quantitative estimate of drug-likeness (QED) is 0.818. The van der Waals surface area contributed by atoms with E-state index in [2.05, 4.69) is 5.32 Å². The molecule has 0 bridgehead atoms. The van der Waals surface area contributed by atoms with E-state index in [-0.39, 0.29) is 11.9 Å². The van der Waals surface area contributed by atoms with Crippen molar-refractivity contribution < 1.29 is 19.1 Å². The fourth-order valence-electron chi connectivity index (χ4n) is 1.79. The molecule has 0 spiro atoms. The highest BCUT2D eigenvalue weighted by molar-refractivity contribution is 5.97. The van der Waals surface area contributed by atoms with E-state index in [0.29, 0.717) is 25.2 Å². The lowest BCUT2D eigenvalue weighted by Crippen LogP contribution is -2.37. The van der Waals surface area contributed by atoms with E-state index in [1.54, 1.807) is 24.3 Å². The minimum absolute atomic E-state index is 0.272. The number of ether oxygens (including phenoxy) is 2. The summed E-state index contributed by atoms with van der Waals surface area (Å²) in [5.41, 5.74) is 0.503. The topological polar surface area (TPSA) is 64.6 Å². The highest BCUT2D eigenvalue weighted by Gasteiger charge is 2.28. The van der Waals surface area contributed by atoms with Crippen LogP contribution in [0.25, 0.3) is 0 Å². The van der Waals surface area contributed by atoms with Crippen LogP contribution in [-0.2, 0) is 9.53 Å². The third-order valence-corrected chi connectivity index (χ3v) is 2.83. The van der Waals surface area contributed by atoms with Crippen molar-refractivity contribution in [1.29, 1.82) is 0 Å². The van der Waals surface area contributed by atoms with E-state index in [1.165, 1.54) is 0 Å². The molecule has 1 N–H and O–H groups in total. The third kappa shape index (κ3) is 3.47.